The van der Waals surface area contributed by atoms with Crippen LogP contribution in [0.4, 0.5) is 0 Å². The number of nitrogens with zero attached hydrogens (tertiary/aromatic N) is 2. The third-order valence-corrected chi connectivity index (χ3v) is 4.31. The Balaban J connectivity index is 0.00000208. The molecule has 1 amide bonds. The Hall–Kier alpha value is -1.92. The summed E-state index contributed by atoms with van der Waals surface area (Å²) >= 11 is 0. The molecule has 1 aliphatic carbocycles. The number of hydrogen-bond donors (Lipinski definition) is 2. The first-order chi connectivity index (χ1) is 11.3. The molecule has 1 fully saturated rings. The van der Waals surface area contributed by atoms with Gasteiger partial charge in [0, 0.05) is 18.0 Å². The number of nitrogens with one attached hydrogen (secondary N) is 1. The minimum absolute atomic E-state index is 0. The molecule has 0 radical (unpaired) electrons. The van der Waals surface area contributed by atoms with Crippen LogP contribution < -0.4 is 11.1 Å². The van der Waals surface area contributed by atoms with E-state index >= 15 is 0 Å². The average molecular weight is 351 g/mol. The summed E-state index contributed by atoms with van der Waals surface area (Å²) in [7, 11) is 0. The minimum atomic E-state index is 0. The van der Waals surface area contributed by atoms with Crippen molar-refractivity contribution >= 4 is 18.3 Å². The molecule has 0 saturated heterocycles. The second-order valence-electron chi connectivity index (χ2n) is 5.97. The predicted molar refractivity (Wildman–Crippen MR) is 93.3 cm³/mol. The molecular formula is C17H23ClN4O2. The molecule has 7 heteroatoms. The van der Waals surface area contributed by atoms with Crippen LogP contribution in [0.15, 0.2) is 28.8 Å². The molecule has 0 atom stereocenters. The van der Waals surface area contributed by atoms with Crippen molar-refractivity contribution in [3.8, 4) is 11.4 Å². The monoisotopic (exact) mass is 350 g/mol. The van der Waals surface area contributed by atoms with Gasteiger partial charge < -0.3 is 15.6 Å². The summed E-state index contributed by atoms with van der Waals surface area (Å²) in [6.07, 6.45) is 5.48. The third-order valence-electron chi connectivity index (χ3n) is 4.31. The van der Waals surface area contributed by atoms with E-state index in [0.29, 0.717) is 18.3 Å². The van der Waals surface area contributed by atoms with Crippen molar-refractivity contribution in [2.24, 2.45) is 11.7 Å². The van der Waals surface area contributed by atoms with Crippen molar-refractivity contribution in [1.82, 2.24) is 15.5 Å². The van der Waals surface area contributed by atoms with Gasteiger partial charge in [-0.25, -0.2) is 0 Å². The molecule has 6 nitrogen and oxygen atoms in total. The van der Waals surface area contributed by atoms with E-state index in [-0.39, 0.29) is 30.8 Å². The van der Waals surface area contributed by atoms with Gasteiger partial charge in [-0.15, -0.1) is 12.4 Å². The summed E-state index contributed by atoms with van der Waals surface area (Å²) in [5.41, 5.74) is 7.51. The largest absolute Gasteiger partial charge is 0.347 e. The van der Waals surface area contributed by atoms with Gasteiger partial charge in [0.05, 0.1) is 6.54 Å². The summed E-state index contributed by atoms with van der Waals surface area (Å²) in [6.45, 7) is 0.786. The number of aromatic nitrogens is 2. The highest BCUT2D eigenvalue weighted by molar-refractivity contribution is 5.85. The zero-order valence-corrected chi connectivity index (χ0v) is 14.3. The first-order valence-corrected chi connectivity index (χ1v) is 8.16. The van der Waals surface area contributed by atoms with Gasteiger partial charge in [-0.3, -0.25) is 4.79 Å². The van der Waals surface area contributed by atoms with E-state index < -0.39 is 0 Å². The van der Waals surface area contributed by atoms with Crippen LogP contribution in [0.2, 0.25) is 0 Å². The van der Waals surface area contributed by atoms with E-state index in [1.165, 1.54) is 6.42 Å². The van der Waals surface area contributed by atoms with E-state index in [9.17, 15) is 4.79 Å². The molecule has 0 spiro atoms. The van der Waals surface area contributed by atoms with Gasteiger partial charge in [0.2, 0.25) is 17.6 Å². The summed E-state index contributed by atoms with van der Waals surface area (Å²) in [5.74, 6) is 1.18. The second kappa shape index (κ2) is 8.80. The number of carbonyl (C=O) groups is 1. The van der Waals surface area contributed by atoms with Crippen LogP contribution in [0.25, 0.3) is 11.4 Å². The fourth-order valence-electron chi connectivity index (χ4n) is 2.91. The summed E-state index contributed by atoms with van der Waals surface area (Å²) < 4.78 is 5.21. The van der Waals surface area contributed by atoms with Crippen molar-refractivity contribution in [2.45, 2.75) is 45.2 Å². The molecule has 3 N–H and O–H groups in total. The minimum Gasteiger partial charge on any atom is -0.347 e. The van der Waals surface area contributed by atoms with Crippen molar-refractivity contribution in [2.75, 3.05) is 0 Å². The molecule has 1 aromatic carbocycles. The highest BCUT2D eigenvalue weighted by atomic mass is 35.5. The van der Waals surface area contributed by atoms with Gasteiger partial charge in [0.1, 0.15) is 0 Å². The topological polar surface area (TPSA) is 94.0 Å². The fourth-order valence-corrected chi connectivity index (χ4v) is 2.91. The molecular weight excluding hydrogens is 328 g/mol. The Morgan fingerprint density at radius 3 is 2.58 bits per heavy atom. The lowest BCUT2D eigenvalue weighted by Crippen LogP contribution is -2.31. The first-order valence-electron chi connectivity index (χ1n) is 8.16. The Morgan fingerprint density at radius 2 is 1.92 bits per heavy atom. The molecule has 0 bridgehead atoms. The maximum atomic E-state index is 12.1. The molecule has 0 unspecified atom stereocenters. The van der Waals surface area contributed by atoms with Crippen LogP contribution in [0.3, 0.4) is 0 Å². The van der Waals surface area contributed by atoms with E-state index in [4.69, 9.17) is 10.3 Å². The number of rotatable bonds is 5. The normalized spacial score (nSPS) is 14.9. The number of hydrogen-bond acceptors (Lipinski definition) is 5. The van der Waals surface area contributed by atoms with E-state index in [1.807, 2.05) is 24.3 Å². The fraction of sp³-hybridized carbons (Fsp3) is 0.471. The number of nitrogens with two attached hydrogens (primary N) is 1. The highest BCUT2D eigenvalue weighted by Crippen LogP contribution is 2.23. The second-order valence-corrected chi connectivity index (χ2v) is 5.97. The lowest BCUT2D eigenvalue weighted by atomic mass is 9.89. The van der Waals surface area contributed by atoms with Crippen LogP contribution in [0.5, 0.6) is 0 Å². The summed E-state index contributed by atoms with van der Waals surface area (Å²) in [4.78, 5) is 16.4. The van der Waals surface area contributed by atoms with Gasteiger partial charge in [-0.1, -0.05) is 48.7 Å². The predicted octanol–water partition coefficient (Wildman–Crippen LogP) is 2.81. The average Bonchev–Trinajstić information content (AvgIpc) is 3.09. The van der Waals surface area contributed by atoms with Crippen molar-refractivity contribution in [3.05, 3.63) is 35.7 Å². The number of amides is 1. The molecule has 0 aliphatic heterocycles. The van der Waals surface area contributed by atoms with Crippen molar-refractivity contribution in [3.63, 3.8) is 0 Å². The van der Waals surface area contributed by atoms with Crippen molar-refractivity contribution < 1.29 is 9.32 Å². The lowest BCUT2D eigenvalue weighted by Gasteiger charge is -2.20. The highest BCUT2D eigenvalue weighted by Gasteiger charge is 2.21. The SMILES string of the molecule is Cl.NCc1ccc(-c2noc(CNC(=O)C3CCCCC3)n2)cc1. The quantitative estimate of drug-likeness (QED) is 0.864. The van der Waals surface area contributed by atoms with Gasteiger partial charge in [-0.2, -0.15) is 4.98 Å². The van der Waals surface area contributed by atoms with Gasteiger partial charge in [-0.05, 0) is 18.4 Å². The molecule has 3 rings (SSSR count). The zero-order chi connectivity index (χ0) is 16.1. The molecule has 1 aromatic heterocycles. The van der Waals surface area contributed by atoms with E-state index in [0.717, 1.165) is 36.8 Å². The Bertz CT molecular complexity index is 651. The molecule has 24 heavy (non-hydrogen) atoms. The molecule has 1 heterocycles. The number of carbonyl (C=O) groups excluding carboxylic acids is 1. The van der Waals surface area contributed by atoms with Gasteiger partial charge >= 0.3 is 0 Å². The van der Waals surface area contributed by atoms with Gasteiger partial charge in [0.15, 0.2) is 0 Å². The van der Waals surface area contributed by atoms with Crippen molar-refractivity contribution in [1.29, 1.82) is 0 Å². The maximum Gasteiger partial charge on any atom is 0.246 e. The smallest absolute Gasteiger partial charge is 0.246 e. The Labute approximate surface area is 147 Å². The lowest BCUT2D eigenvalue weighted by molar-refractivity contribution is -0.126. The maximum absolute atomic E-state index is 12.1. The van der Waals surface area contributed by atoms with Crippen LogP contribution in [-0.2, 0) is 17.9 Å². The summed E-state index contributed by atoms with van der Waals surface area (Å²) in [5, 5.41) is 6.86. The van der Waals surface area contributed by atoms with Crippen LogP contribution in [0, 0.1) is 5.92 Å². The van der Waals surface area contributed by atoms with Gasteiger partial charge in [0.25, 0.3) is 0 Å². The standard InChI is InChI=1S/C17H22N4O2.ClH/c18-10-12-6-8-13(9-7-12)16-20-15(23-21-16)11-19-17(22)14-4-2-1-3-5-14;/h6-9,14H,1-5,10-11,18H2,(H,19,22);1H. The third kappa shape index (κ3) is 4.55. The Kier molecular flexibility index (Phi) is 6.75. The Morgan fingerprint density at radius 1 is 1.21 bits per heavy atom. The number of halogens is 1. The molecule has 1 saturated carbocycles. The van der Waals surface area contributed by atoms with Crippen LogP contribution in [0.1, 0.15) is 43.6 Å². The molecule has 2 aromatic rings. The zero-order valence-electron chi connectivity index (χ0n) is 13.5. The van der Waals surface area contributed by atoms with E-state index in [1.54, 1.807) is 0 Å². The van der Waals surface area contributed by atoms with Crippen LogP contribution in [-0.4, -0.2) is 16.0 Å². The number of benzene rings is 1. The molecule has 130 valence electrons. The molecule has 1 aliphatic rings. The summed E-state index contributed by atoms with van der Waals surface area (Å²) in [6, 6.07) is 7.71. The van der Waals surface area contributed by atoms with E-state index in [2.05, 4.69) is 15.5 Å². The first kappa shape index (κ1) is 18.4. The van der Waals surface area contributed by atoms with Crippen LogP contribution >= 0.6 is 12.4 Å².